The van der Waals surface area contributed by atoms with Gasteiger partial charge in [0.05, 0.1) is 90.0 Å². The molecule has 0 saturated carbocycles. The predicted octanol–water partition coefficient (Wildman–Crippen LogP) is 20.0. The van der Waals surface area contributed by atoms with Gasteiger partial charge in [-0.05, 0) is 166 Å². The van der Waals surface area contributed by atoms with Crippen LogP contribution in [-0.4, -0.2) is 49.0 Å². The third-order valence-electron chi connectivity index (χ3n) is 18.4. The van der Waals surface area contributed by atoms with Crippen LogP contribution in [0.4, 0.5) is 0 Å². The minimum absolute atomic E-state index is 0.755. The van der Waals surface area contributed by atoms with E-state index in [-0.39, 0.29) is 0 Å². The van der Waals surface area contributed by atoms with Gasteiger partial charge < -0.3 is 9.13 Å². The minimum atomic E-state index is 0.755. The van der Waals surface area contributed by atoms with Gasteiger partial charge in [-0.1, -0.05) is 133 Å². The van der Waals surface area contributed by atoms with E-state index >= 15 is 0 Å². The van der Waals surface area contributed by atoms with Gasteiger partial charge >= 0.3 is 0 Å². The van der Waals surface area contributed by atoms with E-state index in [0.29, 0.717) is 0 Å². The average Bonchev–Trinajstić information content (AvgIpc) is 0.990. The molecule has 11 aromatic carbocycles. The molecule has 0 saturated heterocycles. The maximum absolute atomic E-state index is 5.43. The van der Waals surface area contributed by atoms with Crippen LogP contribution in [0.3, 0.4) is 0 Å². The molecule has 426 valence electrons. The number of hydrogen-bond donors (Lipinski definition) is 0. The smallest absolute Gasteiger partial charge is 0.0996 e. The molecule has 10 heteroatoms. The predicted molar refractivity (Wildman–Crippen MR) is 375 cm³/mol. The molecule has 0 bridgehead atoms. The van der Waals surface area contributed by atoms with Crippen LogP contribution in [0.2, 0.25) is 0 Å². The highest BCUT2D eigenvalue weighted by Gasteiger charge is 2.22. The van der Waals surface area contributed by atoms with Gasteiger partial charge in [0, 0.05) is 90.4 Å². The second-order valence-electron chi connectivity index (χ2n) is 23.4. The Morgan fingerprint density at radius 2 is 0.500 bits per heavy atom. The summed E-state index contributed by atoms with van der Waals surface area (Å²) < 4.78 is 4.75. The van der Waals surface area contributed by atoms with Crippen molar-refractivity contribution in [2.75, 3.05) is 0 Å². The van der Waals surface area contributed by atoms with E-state index in [1.165, 1.54) is 21.5 Å². The number of nitrogens with zero attached hydrogens (tertiary/aromatic N) is 10. The van der Waals surface area contributed by atoms with Crippen molar-refractivity contribution in [3.63, 3.8) is 0 Å². The van der Waals surface area contributed by atoms with Crippen LogP contribution in [0.15, 0.2) is 292 Å². The lowest BCUT2D eigenvalue weighted by Gasteiger charge is -2.20. The molecular formula is C82H48N10. The van der Waals surface area contributed by atoms with Crippen molar-refractivity contribution in [3.05, 3.63) is 292 Å². The van der Waals surface area contributed by atoms with Crippen molar-refractivity contribution in [2.45, 2.75) is 0 Å². The Kier molecular flexibility index (Phi) is 11.4. The topological polar surface area (TPSA) is 113 Å². The molecule has 8 aromatic heterocycles. The van der Waals surface area contributed by atoms with Crippen LogP contribution >= 0.6 is 0 Å². The Bertz CT molecular complexity index is 5710. The number of para-hydroxylation sites is 4. The summed E-state index contributed by atoms with van der Waals surface area (Å²) in [6, 6.07) is 91.1. The first-order valence-electron chi connectivity index (χ1n) is 30.8. The molecule has 19 rings (SSSR count). The zero-order chi connectivity index (χ0) is 60.4. The molecule has 0 radical (unpaired) electrons. The highest BCUT2D eigenvalue weighted by molar-refractivity contribution is 6.22. The van der Waals surface area contributed by atoms with E-state index in [1.54, 1.807) is 0 Å². The average molecular weight is 1170 g/mol. The van der Waals surface area contributed by atoms with Gasteiger partial charge in [0.25, 0.3) is 0 Å². The van der Waals surface area contributed by atoms with Crippen LogP contribution in [0.1, 0.15) is 0 Å². The van der Waals surface area contributed by atoms with Crippen LogP contribution < -0.4 is 0 Å². The molecule has 0 atom stereocenters. The molecule has 92 heavy (non-hydrogen) atoms. The van der Waals surface area contributed by atoms with Gasteiger partial charge in [0.15, 0.2) is 0 Å². The highest BCUT2D eigenvalue weighted by Crippen LogP contribution is 2.46. The number of hydrogen-bond acceptors (Lipinski definition) is 8. The molecule has 0 aliphatic heterocycles. The molecule has 0 fully saturated rings. The van der Waals surface area contributed by atoms with Crippen molar-refractivity contribution in [1.29, 1.82) is 0 Å². The molecule has 0 amide bonds. The van der Waals surface area contributed by atoms with Gasteiger partial charge in [-0.2, -0.15) is 0 Å². The Hall–Kier alpha value is -12.7. The summed E-state index contributed by atoms with van der Waals surface area (Å²) in [7, 11) is 0. The third kappa shape index (κ3) is 8.00. The molecular weight excluding hydrogens is 1120 g/mol. The van der Waals surface area contributed by atoms with Gasteiger partial charge in [0.1, 0.15) is 0 Å². The fourth-order valence-electron chi connectivity index (χ4n) is 14.2. The summed E-state index contributed by atoms with van der Waals surface area (Å²) in [6.45, 7) is 0. The largest absolute Gasteiger partial charge is 0.309 e. The number of aromatic nitrogens is 10. The normalized spacial score (nSPS) is 11.9. The van der Waals surface area contributed by atoms with E-state index in [2.05, 4.69) is 240 Å². The molecule has 10 nitrogen and oxygen atoms in total. The van der Waals surface area contributed by atoms with Crippen LogP contribution in [0, 0.1) is 0 Å². The Balaban J connectivity index is 0.833. The van der Waals surface area contributed by atoms with Crippen molar-refractivity contribution in [2.24, 2.45) is 0 Å². The highest BCUT2D eigenvalue weighted by atomic mass is 15.0. The minimum Gasteiger partial charge on any atom is -0.309 e. The fourth-order valence-corrected chi connectivity index (χ4v) is 14.2. The number of benzene rings is 11. The summed E-state index contributed by atoms with van der Waals surface area (Å²) in [5.74, 6) is 0. The molecule has 8 heterocycles. The molecule has 19 aromatic rings. The van der Waals surface area contributed by atoms with Crippen molar-refractivity contribution < 1.29 is 0 Å². The molecule has 0 aliphatic rings. The zero-order valence-electron chi connectivity index (χ0n) is 49.2. The second-order valence-corrected chi connectivity index (χ2v) is 23.4. The fraction of sp³-hybridized carbons (Fsp3) is 0. The summed E-state index contributed by atoms with van der Waals surface area (Å²) in [6.07, 6.45) is 11.0. The maximum Gasteiger partial charge on any atom is 0.0996 e. The van der Waals surface area contributed by atoms with Gasteiger partial charge in [-0.3, -0.25) is 29.9 Å². The summed E-state index contributed by atoms with van der Waals surface area (Å²) >= 11 is 0. The van der Waals surface area contributed by atoms with E-state index in [1.807, 2.05) is 61.4 Å². The third-order valence-corrected chi connectivity index (χ3v) is 18.4. The van der Waals surface area contributed by atoms with Gasteiger partial charge in [-0.15, -0.1) is 0 Å². The Morgan fingerprint density at radius 3 is 0.859 bits per heavy atom. The monoisotopic (exact) mass is 1170 g/mol. The second kappa shape index (κ2) is 20.5. The van der Waals surface area contributed by atoms with E-state index in [9.17, 15) is 0 Å². The van der Waals surface area contributed by atoms with E-state index in [0.717, 1.165) is 166 Å². The van der Waals surface area contributed by atoms with Crippen molar-refractivity contribution in [1.82, 2.24) is 49.0 Å². The Labute approximate surface area is 525 Å². The van der Waals surface area contributed by atoms with Gasteiger partial charge in [-0.25, -0.2) is 9.97 Å². The van der Waals surface area contributed by atoms with Crippen molar-refractivity contribution >= 4 is 109 Å². The van der Waals surface area contributed by atoms with Crippen LogP contribution in [0.25, 0.3) is 188 Å². The SMILES string of the molecule is c1cc(-c2cnc3c4cccnc4c4ncccc4c3n2)cc(-c2cc(-c3ccc(-n4c5ccccc5c5ccccc54)cc3)c(-c3cccc(-c4cnc5c6cccnc6c6ncccc6c5n4)c3)cc2-c2ccc(-n3c4ccccc4c4ccccc43)cc2)c1. The summed E-state index contributed by atoms with van der Waals surface area (Å²) in [4.78, 5) is 40.3. The number of rotatable bonds is 8. The lowest BCUT2D eigenvalue weighted by Crippen LogP contribution is -1.97. The molecule has 0 N–H and O–H groups in total. The number of fused-ring (bicyclic) bond motifs is 18. The standard InChI is InChI=1S/C82H48N10/c1-5-27-71-57(19-1)58-20-2-6-28-72(58)91(71)55-35-31-49(32-36-55)65-45-68(52-16-10-18-54(44-52)70-48-88-80-62-24-12-40-84-76(62)78-64(82(80)90-70)26-14-42-86-78)66(50-33-37-56(38-34-50)92-73-29-7-3-21-59(73)60-22-4-8-30-74(60)92)46-67(65)51-15-9-17-53(43-51)69-47-87-79-61-23-11-39-83-75(61)77-63(81(79)89-69)25-13-41-85-77/h1-48H. The number of pyridine rings is 4. The first-order chi connectivity index (χ1) is 45.6. The van der Waals surface area contributed by atoms with Crippen LogP contribution in [0.5, 0.6) is 0 Å². The molecule has 0 spiro atoms. The molecule has 0 aliphatic carbocycles. The summed E-state index contributed by atoms with van der Waals surface area (Å²) in [5, 5.41) is 8.52. The lowest BCUT2D eigenvalue weighted by molar-refractivity contribution is 1.18. The van der Waals surface area contributed by atoms with Crippen LogP contribution in [-0.2, 0) is 0 Å². The quantitative estimate of drug-likeness (QED) is 0.138. The molecule has 0 unspecified atom stereocenters. The van der Waals surface area contributed by atoms with Gasteiger partial charge in [0.2, 0.25) is 0 Å². The van der Waals surface area contributed by atoms with Crippen molar-refractivity contribution in [3.8, 4) is 78.4 Å². The Morgan fingerprint density at radius 1 is 0.207 bits per heavy atom. The van der Waals surface area contributed by atoms with E-state index in [4.69, 9.17) is 39.9 Å². The first kappa shape index (κ1) is 51.4. The first-order valence-corrected chi connectivity index (χ1v) is 30.8. The lowest BCUT2D eigenvalue weighted by atomic mass is 9.85. The zero-order valence-corrected chi connectivity index (χ0v) is 49.2. The summed E-state index contributed by atoms with van der Waals surface area (Å²) in [5.41, 5.74) is 25.0. The maximum atomic E-state index is 5.43. The van der Waals surface area contributed by atoms with E-state index < -0.39 is 0 Å².